The Balaban J connectivity index is 1.60. The Kier molecular flexibility index (Phi) is 5.71. The molecular formula is C24H16BrClFN3OS. The molecule has 1 fully saturated rings. The summed E-state index contributed by atoms with van der Waals surface area (Å²) in [6.07, 6.45) is 1.74. The Hall–Kier alpha value is -2.74. The molecule has 32 heavy (non-hydrogen) atoms. The maximum Gasteiger partial charge on any atom is 0.174 e. The van der Waals surface area contributed by atoms with Gasteiger partial charge < -0.3 is 14.6 Å². The number of rotatable bonds is 4. The van der Waals surface area contributed by atoms with Crippen molar-refractivity contribution in [1.82, 2.24) is 10.3 Å². The van der Waals surface area contributed by atoms with Gasteiger partial charge in [0.2, 0.25) is 0 Å². The van der Waals surface area contributed by atoms with Crippen molar-refractivity contribution in [3.63, 3.8) is 0 Å². The molecular weight excluding hydrogens is 513 g/mol. The molecule has 0 saturated carbocycles. The second kappa shape index (κ2) is 8.65. The van der Waals surface area contributed by atoms with Crippen molar-refractivity contribution in [2.45, 2.75) is 12.1 Å². The molecule has 4 aromatic rings. The number of aromatic nitrogens is 1. The number of benzene rings is 2. The average Bonchev–Trinajstić information content (AvgIpc) is 3.39. The van der Waals surface area contributed by atoms with Crippen LogP contribution in [0.25, 0.3) is 11.3 Å². The van der Waals surface area contributed by atoms with E-state index in [-0.39, 0.29) is 17.9 Å². The van der Waals surface area contributed by atoms with E-state index in [1.165, 1.54) is 6.07 Å². The smallest absolute Gasteiger partial charge is 0.174 e. The molecule has 1 saturated heterocycles. The SMILES string of the molecule is Fc1cc(Br)ccc1-c1ccc(C2C(c3ccccn3)NC(=S)N2c2ccc(Cl)cc2)o1. The van der Waals surface area contributed by atoms with E-state index in [0.717, 1.165) is 11.4 Å². The largest absolute Gasteiger partial charge is 0.459 e. The molecule has 1 aliphatic heterocycles. The predicted molar refractivity (Wildman–Crippen MR) is 131 cm³/mol. The molecule has 1 N–H and O–H groups in total. The monoisotopic (exact) mass is 527 g/mol. The van der Waals surface area contributed by atoms with Gasteiger partial charge in [0.15, 0.2) is 5.11 Å². The number of nitrogens with zero attached hydrogens (tertiary/aromatic N) is 2. The van der Waals surface area contributed by atoms with Crippen LogP contribution in [0.5, 0.6) is 0 Å². The summed E-state index contributed by atoms with van der Waals surface area (Å²) in [6.45, 7) is 0. The molecule has 2 unspecified atom stereocenters. The highest BCUT2D eigenvalue weighted by molar-refractivity contribution is 9.10. The lowest BCUT2D eigenvalue weighted by Gasteiger charge is -2.26. The number of hydrogen-bond donors (Lipinski definition) is 1. The highest BCUT2D eigenvalue weighted by Gasteiger charge is 2.42. The van der Waals surface area contributed by atoms with E-state index in [2.05, 4.69) is 26.2 Å². The molecule has 0 radical (unpaired) electrons. The normalized spacial score (nSPS) is 18.1. The molecule has 1 aliphatic rings. The number of nitrogens with one attached hydrogen (secondary N) is 1. The Morgan fingerprint density at radius 1 is 1.06 bits per heavy atom. The van der Waals surface area contributed by atoms with Gasteiger partial charge in [-0.3, -0.25) is 4.98 Å². The minimum absolute atomic E-state index is 0.256. The lowest BCUT2D eigenvalue weighted by Crippen LogP contribution is -2.29. The minimum atomic E-state index is -0.365. The van der Waals surface area contributed by atoms with Gasteiger partial charge in [-0.1, -0.05) is 33.6 Å². The molecule has 0 aliphatic carbocycles. The molecule has 8 heteroatoms. The van der Waals surface area contributed by atoms with Crippen molar-refractivity contribution in [3.05, 3.63) is 106 Å². The molecule has 3 heterocycles. The third-order valence-corrected chi connectivity index (χ3v) is 6.38. The molecule has 0 amide bonds. The fourth-order valence-electron chi connectivity index (χ4n) is 3.87. The summed E-state index contributed by atoms with van der Waals surface area (Å²) in [5, 5.41) is 4.55. The number of hydrogen-bond acceptors (Lipinski definition) is 3. The predicted octanol–water partition coefficient (Wildman–Crippen LogP) is 7.07. The van der Waals surface area contributed by atoms with Crippen LogP contribution in [0.15, 0.2) is 87.9 Å². The topological polar surface area (TPSA) is 41.3 Å². The quantitative estimate of drug-likeness (QED) is 0.287. The van der Waals surface area contributed by atoms with Gasteiger partial charge in [-0.2, -0.15) is 0 Å². The van der Waals surface area contributed by atoms with Crippen LogP contribution < -0.4 is 10.2 Å². The first kappa shape index (κ1) is 21.1. The Morgan fingerprint density at radius 3 is 2.59 bits per heavy atom. The Labute approximate surface area is 203 Å². The van der Waals surface area contributed by atoms with E-state index in [1.54, 1.807) is 24.4 Å². The fraction of sp³-hybridized carbons (Fsp3) is 0.0833. The second-order valence-electron chi connectivity index (χ2n) is 7.30. The van der Waals surface area contributed by atoms with Crippen LogP contribution >= 0.6 is 39.7 Å². The van der Waals surface area contributed by atoms with Crippen LogP contribution in [0.3, 0.4) is 0 Å². The summed E-state index contributed by atoms with van der Waals surface area (Å²) in [5.41, 5.74) is 2.08. The average molecular weight is 529 g/mol. The van der Waals surface area contributed by atoms with Crippen molar-refractivity contribution in [1.29, 1.82) is 0 Å². The number of anilines is 1. The van der Waals surface area contributed by atoms with E-state index in [9.17, 15) is 4.39 Å². The van der Waals surface area contributed by atoms with Gasteiger partial charge in [0.1, 0.15) is 23.4 Å². The zero-order chi connectivity index (χ0) is 22.2. The van der Waals surface area contributed by atoms with Gasteiger partial charge in [-0.15, -0.1) is 0 Å². The van der Waals surface area contributed by atoms with Gasteiger partial charge in [0.25, 0.3) is 0 Å². The van der Waals surface area contributed by atoms with Crippen LogP contribution in [0, 0.1) is 5.82 Å². The van der Waals surface area contributed by atoms with Crippen molar-refractivity contribution >= 4 is 50.5 Å². The van der Waals surface area contributed by atoms with Crippen molar-refractivity contribution in [3.8, 4) is 11.3 Å². The van der Waals surface area contributed by atoms with Crippen LogP contribution in [-0.4, -0.2) is 10.1 Å². The maximum atomic E-state index is 14.5. The lowest BCUT2D eigenvalue weighted by atomic mass is 10.0. The number of thiocarbonyl (C=S) groups is 1. The van der Waals surface area contributed by atoms with Crippen LogP contribution in [0.2, 0.25) is 5.02 Å². The van der Waals surface area contributed by atoms with E-state index < -0.39 is 0 Å². The van der Waals surface area contributed by atoms with E-state index in [0.29, 0.717) is 31.7 Å². The van der Waals surface area contributed by atoms with Crippen molar-refractivity contribution in [2.75, 3.05) is 4.90 Å². The molecule has 0 bridgehead atoms. The summed E-state index contributed by atoms with van der Waals surface area (Å²) in [6, 6.07) is 21.1. The first-order chi connectivity index (χ1) is 15.5. The summed E-state index contributed by atoms with van der Waals surface area (Å²) >= 11 is 15.1. The maximum absolute atomic E-state index is 14.5. The Morgan fingerprint density at radius 2 is 1.88 bits per heavy atom. The van der Waals surface area contributed by atoms with Gasteiger partial charge in [0, 0.05) is 21.4 Å². The first-order valence-corrected chi connectivity index (χ1v) is 11.4. The standard InChI is InChI=1S/C24H16BrClFN3OS/c25-14-4-9-17(18(27)13-14)20-10-11-21(31-20)23-22(19-3-1-2-12-28-19)29-24(32)30(23)16-7-5-15(26)6-8-16/h1-13,22-23H,(H,29,32). The van der Waals surface area contributed by atoms with Gasteiger partial charge in [-0.25, -0.2) is 4.39 Å². The molecule has 5 rings (SSSR count). The van der Waals surface area contributed by atoms with Crippen LogP contribution in [-0.2, 0) is 0 Å². The van der Waals surface area contributed by atoms with E-state index >= 15 is 0 Å². The minimum Gasteiger partial charge on any atom is -0.459 e. The highest BCUT2D eigenvalue weighted by atomic mass is 79.9. The van der Waals surface area contributed by atoms with Gasteiger partial charge in [0.05, 0.1) is 17.3 Å². The molecule has 0 spiro atoms. The van der Waals surface area contributed by atoms with Crippen LogP contribution in [0.1, 0.15) is 23.5 Å². The molecule has 2 aromatic carbocycles. The van der Waals surface area contributed by atoms with Crippen LogP contribution in [0.4, 0.5) is 10.1 Å². The van der Waals surface area contributed by atoms with Crippen molar-refractivity contribution < 1.29 is 8.81 Å². The lowest BCUT2D eigenvalue weighted by molar-refractivity contribution is 0.438. The number of halogens is 3. The van der Waals surface area contributed by atoms with Gasteiger partial charge in [-0.05, 0) is 78.9 Å². The third-order valence-electron chi connectivity index (χ3n) is 5.32. The zero-order valence-corrected chi connectivity index (χ0v) is 19.7. The second-order valence-corrected chi connectivity index (χ2v) is 9.04. The number of pyridine rings is 1. The highest BCUT2D eigenvalue weighted by Crippen LogP contribution is 2.43. The summed E-state index contributed by atoms with van der Waals surface area (Å²) in [7, 11) is 0. The van der Waals surface area contributed by atoms with Crippen molar-refractivity contribution in [2.24, 2.45) is 0 Å². The van der Waals surface area contributed by atoms with E-state index in [1.807, 2.05) is 53.4 Å². The molecule has 160 valence electrons. The number of furan rings is 1. The summed E-state index contributed by atoms with van der Waals surface area (Å²) in [5.74, 6) is 0.718. The summed E-state index contributed by atoms with van der Waals surface area (Å²) in [4.78, 5) is 6.50. The van der Waals surface area contributed by atoms with Gasteiger partial charge >= 0.3 is 0 Å². The zero-order valence-electron chi connectivity index (χ0n) is 16.5. The fourth-order valence-corrected chi connectivity index (χ4v) is 4.67. The van der Waals surface area contributed by atoms with E-state index in [4.69, 9.17) is 28.2 Å². The summed E-state index contributed by atoms with van der Waals surface area (Å²) < 4.78 is 21.4. The Bertz CT molecular complexity index is 1280. The first-order valence-electron chi connectivity index (χ1n) is 9.82. The molecule has 2 atom stereocenters. The molecule has 4 nitrogen and oxygen atoms in total. The third kappa shape index (κ3) is 3.92. The molecule has 2 aromatic heterocycles.